The molecule has 3 nitrogen and oxygen atoms in total. The third-order valence-corrected chi connectivity index (χ3v) is 6.26. The summed E-state index contributed by atoms with van der Waals surface area (Å²) < 4.78 is 0. The smallest absolute Gasteiger partial charge is 0.117 e. The molecule has 150 valence electrons. The van der Waals surface area contributed by atoms with Crippen LogP contribution in [0.4, 0.5) is 0 Å². The van der Waals surface area contributed by atoms with E-state index in [2.05, 4.69) is 4.90 Å². The zero-order chi connectivity index (χ0) is 20.1. The second-order valence-electron chi connectivity index (χ2n) is 8.03. The number of hydrogen-bond acceptors (Lipinski definition) is 3. The van der Waals surface area contributed by atoms with Gasteiger partial charge in [-0.2, -0.15) is 0 Å². The lowest BCUT2D eigenvalue weighted by Gasteiger charge is -2.42. The summed E-state index contributed by atoms with van der Waals surface area (Å²) in [4.78, 5) is 2.49. The molecule has 1 heterocycles. The van der Waals surface area contributed by atoms with Crippen molar-refractivity contribution < 1.29 is 10.2 Å². The second kappa shape index (κ2) is 8.81. The van der Waals surface area contributed by atoms with Gasteiger partial charge in [-0.15, -0.1) is 0 Å². The van der Waals surface area contributed by atoms with Crippen LogP contribution in [0.5, 0.6) is 5.75 Å². The van der Waals surface area contributed by atoms with Crippen molar-refractivity contribution in [3.05, 3.63) is 102 Å². The van der Waals surface area contributed by atoms with Gasteiger partial charge in [0.2, 0.25) is 0 Å². The van der Waals surface area contributed by atoms with E-state index in [-0.39, 0.29) is 5.92 Å². The molecule has 0 radical (unpaired) electrons. The molecule has 4 rings (SSSR count). The monoisotopic (exact) mass is 387 g/mol. The van der Waals surface area contributed by atoms with Gasteiger partial charge in [0, 0.05) is 6.54 Å². The van der Waals surface area contributed by atoms with Crippen LogP contribution in [0.25, 0.3) is 0 Å². The van der Waals surface area contributed by atoms with Gasteiger partial charge in [-0.05, 0) is 67.1 Å². The summed E-state index contributed by atoms with van der Waals surface area (Å²) >= 11 is 0. The number of nitrogens with zero attached hydrogens (tertiary/aromatic N) is 1. The van der Waals surface area contributed by atoms with Crippen LogP contribution >= 0.6 is 0 Å². The highest BCUT2D eigenvalue weighted by molar-refractivity contribution is 5.37. The first-order valence-electron chi connectivity index (χ1n) is 10.5. The number of rotatable bonds is 6. The summed E-state index contributed by atoms with van der Waals surface area (Å²) in [6.07, 6.45) is 2.91. The van der Waals surface area contributed by atoms with Gasteiger partial charge in [0.15, 0.2) is 0 Å². The van der Waals surface area contributed by atoms with Crippen molar-refractivity contribution in [2.24, 2.45) is 5.92 Å². The molecule has 0 aromatic heterocycles. The van der Waals surface area contributed by atoms with Gasteiger partial charge in [0.25, 0.3) is 0 Å². The molecule has 0 atom stereocenters. The molecule has 0 aliphatic carbocycles. The summed E-state index contributed by atoms with van der Waals surface area (Å²) in [6, 6.07) is 27.7. The van der Waals surface area contributed by atoms with Gasteiger partial charge in [0.1, 0.15) is 11.4 Å². The topological polar surface area (TPSA) is 43.7 Å². The Morgan fingerprint density at radius 2 is 1.28 bits per heavy atom. The summed E-state index contributed by atoms with van der Waals surface area (Å²) in [5, 5.41) is 21.4. The van der Waals surface area contributed by atoms with Gasteiger partial charge in [0.05, 0.1) is 0 Å². The van der Waals surface area contributed by atoms with Crippen LogP contribution in [0.1, 0.15) is 29.5 Å². The number of aromatic hydroxyl groups is 1. The predicted molar refractivity (Wildman–Crippen MR) is 117 cm³/mol. The number of benzene rings is 3. The van der Waals surface area contributed by atoms with Crippen LogP contribution in [0, 0.1) is 5.92 Å². The third-order valence-electron chi connectivity index (χ3n) is 6.26. The van der Waals surface area contributed by atoms with E-state index in [9.17, 15) is 10.2 Å². The largest absolute Gasteiger partial charge is 0.508 e. The predicted octanol–water partition coefficient (Wildman–Crippen LogP) is 4.58. The number of phenols is 1. The molecule has 2 N–H and O–H groups in total. The number of hydrogen-bond donors (Lipinski definition) is 2. The minimum Gasteiger partial charge on any atom is -0.508 e. The molecule has 3 aromatic rings. The van der Waals surface area contributed by atoms with Gasteiger partial charge >= 0.3 is 0 Å². The number of phenolic OH excluding ortho intramolecular Hbond substituents is 1. The maximum atomic E-state index is 12.0. The molecule has 3 heteroatoms. The summed E-state index contributed by atoms with van der Waals surface area (Å²) in [5.74, 6) is 0.507. The lowest BCUT2D eigenvalue weighted by molar-refractivity contribution is -0.0140. The number of likely N-dealkylation sites (tertiary alicyclic amines) is 1. The molecule has 1 aliphatic rings. The lowest BCUT2D eigenvalue weighted by atomic mass is 9.72. The van der Waals surface area contributed by atoms with Gasteiger partial charge < -0.3 is 15.1 Å². The van der Waals surface area contributed by atoms with Crippen molar-refractivity contribution in [3.63, 3.8) is 0 Å². The van der Waals surface area contributed by atoms with Crippen LogP contribution in [-0.4, -0.2) is 34.7 Å². The Morgan fingerprint density at radius 1 is 0.759 bits per heavy atom. The summed E-state index contributed by atoms with van der Waals surface area (Å²) in [7, 11) is 0. The van der Waals surface area contributed by atoms with E-state index >= 15 is 0 Å². The van der Waals surface area contributed by atoms with Crippen LogP contribution in [0.15, 0.2) is 84.9 Å². The Morgan fingerprint density at radius 3 is 1.79 bits per heavy atom. The lowest BCUT2D eigenvalue weighted by Crippen LogP contribution is -2.44. The minimum atomic E-state index is -0.953. The van der Waals surface area contributed by atoms with Gasteiger partial charge in [-0.3, -0.25) is 0 Å². The van der Waals surface area contributed by atoms with Crippen molar-refractivity contribution in [1.82, 2.24) is 4.90 Å². The van der Waals surface area contributed by atoms with Crippen molar-refractivity contribution >= 4 is 0 Å². The van der Waals surface area contributed by atoms with E-state index < -0.39 is 5.60 Å². The van der Waals surface area contributed by atoms with Crippen molar-refractivity contribution in [3.8, 4) is 5.75 Å². The highest BCUT2D eigenvalue weighted by atomic mass is 16.3. The van der Waals surface area contributed by atoms with Crippen LogP contribution in [-0.2, 0) is 12.0 Å². The number of aliphatic hydroxyl groups is 1. The Bertz CT molecular complexity index is 846. The first-order valence-corrected chi connectivity index (χ1v) is 10.5. The van der Waals surface area contributed by atoms with E-state index in [1.54, 1.807) is 12.1 Å². The molecule has 0 unspecified atom stereocenters. The first kappa shape index (κ1) is 19.7. The minimum absolute atomic E-state index is 0.192. The van der Waals surface area contributed by atoms with Crippen LogP contribution in [0.2, 0.25) is 0 Å². The molecule has 1 aliphatic heterocycles. The van der Waals surface area contributed by atoms with E-state index in [1.165, 1.54) is 5.56 Å². The molecule has 3 aromatic carbocycles. The Balaban J connectivity index is 1.45. The van der Waals surface area contributed by atoms with Gasteiger partial charge in [-0.25, -0.2) is 0 Å². The Labute approximate surface area is 173 Å². The SMILES string of the molecule is Oc1ccc(CCN2CCC(C(O)(c3ccccc3)c3ccccc3)CC2)cc1. The van der Waals surface area contributed by atoms with Crippen LogP contribution in [0.3, 0.4) is 0 Å². The Hall–Kier alpha value is -2.62. The second-order valence-corrected chi connectivity index (χ2v) is 8.03. The standard InChI is InChI=1S/C26H29NO2/c28-25-13-11-21(12-14-25)15-18-27-19-16-24(17-20-27)26(29,22-7-3-1-4-8-22)23-9-5-2-6-10-23/h1-14,24,28-29H,15-20H2. The fourth-order valence-corrected chi connectivity index (χ4v) is 4.55. The third kappa shape index (κ3) is 4.36. The van der Waals surface area contributed by atoms with Crippen LogP contribution < -0.4 is 0 Å². The molecule has 1 fully saturated rings. The molecular weight excluding hydrogens is 358 g/mol. The fraction of sp³-hybridized carbons (Fsp3) is 0.308. The first-order chi connectivity index (χ1) is 14.2. The van der Waals surface area contributed by atoms with Crippen molar-refractivity contribution in [2.45, 2.75) is 24.9 Å². The highest BCUT2D eigenvalue weighted by Gasteiger charge is 2.41. The normalized spacial score (nSPS) is 16.0. The zero-order valence-electron chi connectivity index (χ0n) is 16.7. The summed E-state index contributed by atoms with van der Waals surface area (Å²) in [5.41, 5.74) is 2.25. The van der Waals surface area contributed by atoms with E-state index in [1.807, 2.05) is 72.8 Å². The maximum absolute atomic E-state index is 12.0. The fourth-order valence-electron chi connectivity index (χ4n) is 4.55. The zero-order valence-corrected chi connectivity index (χ0v) is 16.7. The van der Waals surface area contributed by atoms with E-state index in [4.69, 9.17) is 0 Å². The van der Waals surface area contributed by atoms with Gasteiger partial charge in [-0.1, -0.05) is 72.8 Å². The molecule has 1 saturated heterocycles. The molecule has 0 bridgehead atoms. The average Bonchev–Trinajstić information content (AvgIpc) is 2.80. The maximum Gasteiger partial charge on any atom is 0.117 e. The van der Waals surface area contributed by atoms with E-state index in [0.29, 0.717) is 5.75 Å². The molecular formula is C26H29NO2. The average molecular weight is 388 g/mol. The molecule has 0 spiro atoms. The molecule has 0 amide bonds. The molecule has 29 heavy (non-hydrogen) atoms. The summed E-state index contributed by atoms with van der Waals surface area (Å²) in [6.45, 7) is 2.99. The Kier molecular flexibility index (Phi) is 5.98. The number of piperidine rings is 1. The van der Waals surface area contributed by atoms with Crippen molar-refractivity contribution in [2.75, 3.05) is 19.6 Å². The highest BCUT2D eigenvalue weighted by Crippen LogP contribution is 2.41. The van der Waals surface area contributed by atoms with E-state index in [0.717, 1.165) is 50.0 Å². The molecule has 0 saturated carbocycles. The van der Waals surface area contributed by atoms with Crippen molar-refractivity contribution in [1.29, 1.82) is 0 Å². The quantitative estimate of drug-likeness (QED) is 0.650.